The standard InChI is InChI=1S/C14H20N2O4/c1-9(3-4-13(18)19)5-6-15-14(20)11-8-16-10(2)7-12(11)17/h7-9H,3-6H2,1-2H3,(H,15,20)(H,16,17)(H,18,19). The first-order valence-corrected chi connectivity index (χ1v) is 6.59. The van der Waals surface area contributed by atoms with Crippen molar-refractivity contribution in [3.63, 3.8) is 0 Å². The molecule has 0 spiro atoms. The van der Waals surface area contributed by atoms with Crippen LogP contribution >= 0.6 is 0 Å². The number of carboxylic acids is 1. The number of pyridine rings is 1. The molecule has 0 saturated carbocycles. The number of nitrogens with one attached hydrogen (secondary N) is 2. The Balaban J connectivity index is 2.40. The molecule has 0 saturated heterocycles. The van der Waals surface area contributed by atoms with Crippen molar-refractivity contribution in [2.45, 2.75) is 33.1 Å². The summed E-state index contributed by atoms with van der Waals surface area (Å²) in [6.45, 7) is 4.11. The highest BCUT2D eigenvalue weighted by molar-refractivity contribution is 5.93. The molecule has 1 unspecified atom stereocenters. The number of carbonyl (C=O) groups excluding carboxylic acids is 1. The number of H-pyrrole nitrogens is 1. The molecular weight excluding hydrogens is 260 g/mol. The van der Waals surface area contributed by atoms with Crippen molar-refractivity contribution in [3.8, 4) is 0 Å². The van der Waals surface area contributed by atoms with Gasteiger partial charge in [0.15, 0.2) is 5.43 Å². The lowest BCUT2D eigenvalue weighted by atomic mass is 10.0. The van der Waals surface area contributed by atoms with E-state index < -0.39 is 11.9 Å². The van der Waals surface area contributed by atoms with Gasteiger partial charge in [0, 0.05) is 30.9 Å². The van der Waals surface area contributed by atoms with Crippen LogP contribution in [-0.4, -0.2) is 28.5 Å². The number of rotatable bonds is 7. The predicted molar refractivity (Wildman–Crippen MR) is 74.8 cm³/mol. The van der Waals surface area contributed by atoms with Gasteiger partial charge in [-0.15, -0.1) is 0 Å². The summed E-state index contributed by atoms with van der Waals surface area (Å²) in [6.07, 6.45) is 2.80. The summed E-state index contributed by atoms with van der Waals surface area (Å²) in [5.74, 6) is -1.01. The number of carbonyl (C=O) groups is 2. The quantitative estimate of drug-likeness (QED) is 0.701. The third-order valence-corrected chi connectivity index (χ3v) is 3.08. The van der Waals surface area contributed by atoms with Crippen LogP contribution in [0.25, 0.3) is 0 Å². The molecule has 20 heavy (non-hydrogen) atoms. The lowest BCUT2D eigenvalue weighted by Crippen LogP contribution is -2.30. The van der Waals surface area contributed by atoms with Crippen LogP contribution in [0.15, 0.2) is 17.1 Å². The lowest BCUT2D eigenvalue weighted by Gasteiger charge is -2.10. The van der Waals surface area contributed by atoms with E-state index in [0.29, 0.717) is 25.1 Å². The Morgan fingerprint density at radius 2 is 2.10 bits per heavy atom. The lowest BCUT2D eigenvalue weighted by molar-refractivity contribution is -0.137. The number of aromatic amines is 1. The third kappa shape index (κ3) is 5.26. The van der Waals surface area contributed by atoms with Gasteiger partial charge in [-0.05, 0) is 25.7 Å². The Morgan fingerprint density at radius 3 is 2.70 bits per heavy atom. The maximum Gasteiger partial charge on any atom is 0.303 e. The Kier molecular flexibility index (Phi) is 5.96. The second-order valence-corrected chi connectivity index (χ2v) is 4.98. The fourth-order valence-electron chi connectivity index (χ4n) is 1.79. The molecule has 0 aliphatic rings. The first-order chi connectivity index (χ1) is 9.40. The van der Waals surface area contributed by atoms with Crippen LogP contribution in [0.3, 0.4) is 0 Å². The van der Waals surface area contributed by atoms with Gasteiger partial charge in [-0.3, -0.25) is 14.4 Å². The molecule has 0 aliphatic carbocycles. The van der Waals surface area contributed by atoms with E-state index in [9.17, 15) is 14.4 Å². The summed E-state index contributed by atoms with van der Waals surface area (Å²) in [4.78, 5) is 36.7. The fourth-order valence-corrected chi connectivity index (χ4v) is 1.79. The number of aryl methyl sites for hydroxylation is 1. The summed E-state index contributed by atoms with van der Waals surface area (Å²) in [5.41, 5.74) is 0.486. The smallest absolute Gasteiger partial charge is 0.303 e. The van der Waals surface area contributed by atoms with Gasteiger partial charge in [-0.2, -0.15) is 0 Å². The maximum atomic E-state index is 11.8. The molecule has 1 rings (SSSR count). The minimum atomic E-state index is -0.813. The fraction of sp³-hybridized carbons (Fsp3) is 0.500. The molecule has 3 N–H and O–H groups in total. The minimum Gasteiger partial charge on any atom is -0.481 e. The van der Waals surface area contributed by atoms with Crippen molar-refractivity contribution >= 4 is 11.9 Å². The number of amides is 1. The van der Waals surface area contributed by atoms with E-state index in [1.54, 1.807) is 6.92 Å². The highest BCUT2D eigenvalue weighted by Crippen LogP contribution is 2.09. The number of hydrogen-bond donors (Lipinski definition) is 3. The third-order valence-electron chi connectivity index (χ3n) is 3.08. The SMILES string of the molecule is Cc1cc(=O)c(C(=O)NCCC(C)CCC(=O)O)c[nH]1. The molecule has 0 aromatic carbocycles. The summed E-state index contributed by atoms with van der Waals surface area (Å²) in [5, 5.41) is 11.2. The van der Waals surface area contributed by atoms with Crippen molar-refractivity contribution in [1.82, 2.24) is 10.3 Å². The molecule has 110 valence electrons. The van der Waals surface area contributed by atoms with E-state index >= 15 is 0 Å². The highest BCUT2D eigenvalue weighted by atomic mass is 16.4. The van der Waals surface area contributed by atoms with Gasteiger partial charge in [0.25, 0.3) is 5.91 Å². The van der Waals surface area contributed by atoms with E-state index in [1.165, 1.54) is 12.3 Å². The molecule has 1 amide bonds. The number of aliphatic carboxylic acids is 1. The normalized spacial score (nSPS) is 11.9. The second kappa shape index (κ2) is 7.47. The van der Waals surface area contributed by atoms with Crippen LogP contribution in [0, 0.1) is 12.8 Å². The van der Waals surface area contributed by atoms with Gasteiger partial charge in [0.05, 0.1) is 0 Å². The summed E-state index contributed by atoms with van der Waals surface area (Å²) in [7, 11) is 0. The van der Waals surface area contributed by atoms with E-state index in [4.69, 9.17) is 5.11 Å². The monoisotopic (exact) mass is 280 g/mol. The van der Waals surface area contributed by atoms with E-state index in [1.807, 2.05) is 6.92 Å². The molecule has 0 aliphatic heterocycles. The molecule has 0 bridgehead atoms. The molecule has 0 fully saturated rings. The minimum absolute atomic E-state index is 0.0915. The molecule has 0 radical (unpaired) electrons. The molecule has 6 nitrogen and oxygen atoms in total. The summed E-state index contributed by atoms with van der Waals surface area (Å²) < 4.78 is 0. The Bertz CT molecular complexity index is 536. The zero-order valence-electron chi connectivity index (χ0n) is 11.7. The average Bonchev–Trinajstić information content (AvgIpc) is 2.36. The Morgan fingerprint density at radius 1 is 1.40 bits per heavy atom. The van der Waals surface area contributed by atoms with Gasteiger partial charge in [0.1, 0.15) is 5.56 Å². The molecule has 1 atom stereocenters. The molecular formula is C14H20N2O4. The van der Waals surface area contributed by atoms with Crippen LogP contribution in [0.1, 0.15) is 42.2 Å². The first kappa shape index (κ1) is 15.9. The van der Waals surface area contributed by atoms with Crippen LogP contribution in [-0.2, 0) is 4.79 Å². The predicted octanol–water partition coefficient (Wildman–Crippen LogP) is 1.30. The van der Waals surface area contributed by atoms with Crippen molar-refractivity contribution in [1.29, 1.82) is 0 Å². The van der Waals surface area contributed by atoms with Gasteiger partial charge in [-0.1, -0.05) is 6.92 Å². The topological polar surface area (TPSA) is 99.3 Å². The number of hydrogen-bond acceptors (Lipinski definition) is 3. The summed E-state index contributed by atoms with van der Waals surface area (Å²) >= 11 is 0. The summed E-state index contributed by atoms with van der Waals surface area (Å²) in [6, 6.07) is 1.38. The Labute approximate surface area is 117 Å². The van der Waals surface area contributed by atoms with Crippen molar-refractivity contribution in [2.75, 3.05) is 6.54 Å². The van der Waals surface area contributed by atoms with E-state index in [-0.39, 0.29) is 23.3 Å². The first-order valence-electron chi connectivity index (χ1n) is 6.59. The highest BCUT2D eigenvalue weighted by Gasteiger charge is 2.11. The molecule has 6 heteroatoms. The van der Waals surface area contributed by atoms with Gasteiger partial charge in [0.2, 0.25) is 0 Å². The van der Waals surface area contributed by atoms with E-state index in [0.717, 1.165) is 0 Å². The van der Waals surface area contributed by atoms with Crippen LogP contribution < -0.4 is 10.7 Å². The zero-order valence-corrected chi connectivity index (χ0v) is 11.7. The number of aromatic nitrogens is 1. The molecule has 1 heterocycles. The van der Waals surface area contributed by atoms with Gasteiger partial charge >= 0.3 is 5.97 Å². The van der Waals surface area contributed by atoms with E-state index in [2.05, 4.69) is 10.3 Å². The number of carboxylic acid groups (broad SMARTS) is 1. The van der Waals surface area contributed by atoms with Crippen molar-refractivity contribution in [3.05, 3.63) is 33.7 Å². The van der Waals surface area contributed by atoms with Gasteiger partial charge in [-0.25, -0.2) is 0 Å². The van der Waals surface area contributed by atoms with Crippen LogP contribution in [0.4, 0.5) is 0 Å². The van der Waals surface area contributed by atoms with Crippen LogP contribution in [0.5, 0.6) is 0 Å². The largest absolute Gasteiger partial charge is 0.481 e. The molecule has 1 aromatic heterocycles. The van der Waals surface area contributed by atoms with Gasteiger partial charge < -0.3 is 15.4 Å². The second-order valence-electron chi connectivity index (χ2n) is 4.98. The average molecular weight is 280 g/mol. The van der Waals surface area contributed by atoms with Crippen molar-refractivity contribution < 1.29 is 14.7 Å². The van der Waals surface area contributed by atoms with Crippen LogP contribution in [0.2, 0.25) is 0 Å². The zero-order chi connectivity index (χ0) is 15.1. The molecule has 1 aromatic rings. The Hall–Kier alpha value is -2.11. The van der Waals surface area contributed by atoms with Crippen molar-refractivity contribution in [2.24, 2.45) is 5.92 Å². The maximum absolute atomic E-state index is 11.8.